The molecule has 2 atom stereocenters. The van der Waals surface area contributed by atoms with Gasteiger partial charge in [0.2, 0.25) is 0 Å². The predicted molar refractivity (Wildman–Crippen MR) is 56.1 cm³/mol. The molecule has 1 aliphatic carbocycles. The standard InChI is InChI=1S/C12H15NO/c1-2-4-11-9(3-1)7-10-8-13-6-5-12(10)14-11/h1-3,7,11-13H,4-6,8H2. The maximum atomic E-state index is 6.07. The lowest BCUT2D eigenvalue weighted by Crippen LogP contribution is -2.40. The van der Waals surface area contributed by atoms with E-state index in [1.54, 1.807) is 0 Å². The van der Waals surface area contributed by atoms with Gasteiger partial charge < -0.3 is 10.1 Å². The Morgan fingerprint density at radius 1 is 1.36 bits per heavy atom. The quantitative estimate of drug-likeness (QED) is 0.624. The first-order valence-corrected chi connectivity index (χ1v) is 5.37. The van der Waals surface area contributed by atoms with Crippen molar-refractivity contribution in [1.29, 1.82) is 0 Å². The molecule has 2 nitrogen and oxygen atoms in total. The minimum Gasteiger partial charge on any atom is -0.366 e. The first-order valence-electron chi connectivity index (χ1n) is 5.37. The van der Waals surface area contributed by atoms with E-state index in [-0.39, 0.29) is 0 Å². The molecule has 14 heavy (non-hydrogen) atoms. The van der Waals surface area contributed by atoms with Crippen molar-refractivity contribution in [1.82, 2.24) is 5.32 Å². The number of nitrogens with one attached hydrogen (secondary N) is 1. The van der Waals surface area contributed by atoms with Gasteiger partial charge in [0.05, 0.1) is 12.2 Å². The zero-order chi connectivity index (χ0) is 9.38. The van der Waals surface area contributed by atoms with Gasteiger partial charge in [-0.2, -0.15) is 0 Å². The van der Waals surface area contributed by atoms with Gasteiger partial charge >= 0.3 is 0 Å². The van der Waals surface area contributed by atoms with E-state index in [1.165, 1.54) is 11.1 Å². The fourth-order valence-electron chi connectivity index (χ4n) is 2.38. The van der Waals surface area contributed by atoms with E-state index in [2.05, 4.69) is 29.6 Å². The van der Waals surface area contributed by atoms with Crippen LogP contribution in [0.1, 0.15) is 12.8 Å². The lowest BCUT2D eigenvalue weighted by atomic mass is 9.91. The van der Waals surface area contributed by atoms with Crippen molar-refractivity contribution >= 4 is 0 Å². The Labute approximate surface area is 84.3 Å². The summed E-state index contributed by atoms with van der Waals surface area (Å²) in [5, 5.41) is 3.39. The first kappa shape index (κ1) is 8.45. The minimum atomic E-state index is 0.326. The fraction of sp³-hybridized carbons (Fsp3) is 0.500. The molecule has 0 aromatic carbocycles. The molecular formula is C12H15NO. The molecule has 0 aromatic heterocycles. The van der Waals surface area contributed by atoms with Gasteiger partial charge in [0, 0.05) is 6.54 Å². The third-order valence-corrected chi connectivity index (χ3v) is 3.15. The van der Waals surface area contributed by atoms with Crippen LogP contribution in [0.15, 0.2) is 35.5 Å². The average molecular weight is 189 g/mol. The summed E-state index contributed by atoms with van der Waals surface area (Å²) in [6, 6.07) is 0. The van der Waals surface area contributed by atoms with Gasteiger partial charge in [-0.15, -0.1) is 0 Å². The molecule has 3 aliphatic rings. The molecule has 0 saturated carbocycles. The van der Waals surface area contributed by atoms with Gasteiger partial charge in [-0.1, -0.05) is 24.3 Å². The Kier molecular flexibility index (Phi) is 2.03. The maximum absolute atomic E-state index is 6.07. The van der Waals surface area contributed by atoms with Crippen LogP contribution in [0.4, 0.5) is 0 Å². The molecule has 0 bridgehead atoms. The third kappa shape index (κ3) is 1.35. The van der Waals surface area contributed by atoms with E-state index in [9.17, 15) is 0 Å². The van der Waals surface area contributed by atoms with E-state index in [0.29, 0.717) is 12.2 Å². The predicted octanol–water partition coefficient (Wildman–Crippen LogP) is 1.56. The fourth-order valence-corrected chi connectivity index (χ4v) is 2.38. The number of hydrogen-bond acceptors (Lipinski definition) is 2. The highest BCUT2D eigenvalue weighted by Crippen LogP contribution is 2.30. The number of piperidine rings is 1. The zero-order valence-electron chi connectivity index (χ0n) is 8.20. The lowest BCUT2D eigenvalue weighted by molar-refractivity contribution is 0.0131. The second kappa shape index (κ2) is 3.37. The smallest absolute Gasteiger partial charge is 0.0867 e. The van der Waals surface area contributed by atoms with Crippen molar-refractivity contribution in [3.8, 4) is 0 Å². The molecule has 0 amide bonds. The second-order valence-corrected chi connectivity index (χ2v) is 4.13. The molecule has 74 valence electrons. The maximum Gasteiger partial charge on any atom is 0.0867 e. The summed E-state index contributed by atoms with van der Waals surface area (Å²) in [5.41, 5.74) is 2.77. The second-order valence-electron chi connectivity index (χ2n) is 4.13. The molecule has 1 N–H and O–H groups in total. The number of rotatable bonds is 0. The summed E-state index contributed by atoms with van der Waals surface area (Å²) < 4.78 is 6.07. The van der Waals surface area contributed by atoms with Crippen molar-refractivity contribution < 1.29 is 4.74 Å². The largest absolute Gasteiger partial charge is 0.366 e. The number of allylic oxidation sites excluding steroid dienone is 2. The van der Waals surface area contributed by atoms with Gasteiger partial charge in [0.1, 0.15) is 0 Å². The van der Waals surface area contributed by atoms with Crippen LogP contribution in [0.25, 0.3) is 0 Å². The van der Waals surface area contributed by atoms with Crippen LogP contribution < -0.4 is 5.32 Å². The minimum absolute atomic E-state index is 0.326. The number of ether oxygens (including phenoxy) is 1. The van der Waals surface area contributed by atoms with Crippen LogP contribution in [-0.4, -0.2) is 25.3 Å². The Morgan fingerprint density at radius 3 is 3.36 bits per heavy atom. The monoisotopic (exact) mass is 189 g/mol. The Morgan fingerprint density at radius 2 is 2.36 bits per heavy atom. The average Bonchev–Trinajstić information content (AvgIpc) is 2.26. The van der Waals surface area contributed by atoms with Crippen LogP contribution >= 0.6 is 0 Å². The van der Waals surface area contributed by atoms with E-state index in [4.69, 9.17) is 4.74 Å². The van der Waals surface area contributed by atoms with Gasteiger partial charge in [0.15, 0.2) is 0 Å². The Balaban J connectivity index is 1.92. The van der Waals surface area contributed by atoms with Crippen LogP contribution in [-0.2, 0) is 4.74 Å². The van der Waals surface area contributed by atoms with Crippen molar-refractivity contribution in [2.75, 3.05) is 13.1 Å². The van der Waals surface area contributed by atoms with Gasteiger partial charge in [0.25, 0.3) is 0 Å². The number of fused-ring (bicyclic) bond motifs is 2. The van der Waals surface area contributed by atoms with Crippen molar-refractivity contribution in [2.24, 2.45) is 0 Å². The van der Waals surface area contributed by atoms with Gasteiger partial charge in [-0.25, -0.2) is 0 Å². The molecular weight excluding hydrogens is 174 g/mol. The molecule has 0 radical (unpaired) electrons. The van der Waals surface area contributed by atoms with E-state index < -0.39 is 0 Å². The van der Waals surface area contributed by atoms with Gasteiger partial charge in [-0.3, -0.25) is 0 Å². The van der Waals surface area contributed by atoms with Crippen LogP contribution in [0.5, 0.6) is 0 Å². The van der Waals surface area contributed by atoms with Crippen LogP contribution in [0.2, 0.25) is 0 Å². The summed E-state index contributed by atoms with van der Waals surface area (Å²) in [6.07, 6.45) is 11.7. The van der Waals surface area contributed by atoms with Crippen LogP contribution in [0, 0.1) is 0 Å². The lowest BCUT2D eigenvalue weighted by Gasteiger charge is -2.36. The summed E-state index contributed by atoms with van der Waals surface area (Å²) in [7, 11) is 0. The molecule has 2 heterocycles. The summed E-state index contributed by atoms with van der Waals surface area (Å²) in [4.78, 5) is 0. The molecule has 2 heteroatoms. The first-order chi connectivity index (χ1) is 6.93. The Hall–Kier alpha value is -0.860. The van der Waals surface area contributed by atoms with Crippen molar-refractivity contribution in [2.45, 2.75) is 25.0 Å². The molecule has 0 aromatic rings. The zero-order valence-corrected chi connectivity index (χ0v) is 8.20. The SMILES string of the molecule is C1=CCC2OC3CCNCC3=CC2=C1. The topological polar surface area (TPSA) is 21.3 Å². The highest BCUT2D eigenvalue weighted by molar-refractivity contribution is 5.38. The highest BCUT2D eigenvalue weighted by Gasteiger charge is 2.29. The van der Waals surface area contributed by atoms with E-state index in [0.717, 1.165) is 25.9 Å². The molecule has 1 saturated heterocycles. The third-order valence-electron chi connectivity index (χ3n) is 3.15. The van der Waals surface area contributed by atoms with Crippen molar-refractivity contribution in [3.05, 3.63) is 35.5 Å². The summed E-state index contributed by atoms with van der Waals surface area (Å²) >= 11 is 0. The summed E-state index contributed by atoms with van der Waals surface area (Å²) in [6.45, 7) is 2.09. The molecule has 1 fully saturated rings. The molecule has 0 spiro atoms. The highest BCUT2D eigenvalue weighted by atomic mass is 16.5. The van der Waals surface area contributed by atoms with Crippen LogP contribution in [0.3, 0.4) is 0 Å². The number of hydrogen-bond donors (Lipinski definition) is 1. The molecule has 2 unspecified atom stereocenters. The Bertz CT molecular complexity index is 327. The molecule has 3 rings (SSSR count). The van der Waals surface area contributed by atoms with E-state index >= 15 is 0 Å². The van der Waals surface area contributed by atoms with E-state index in [1.807, 2.05) is 0 Å². The normalized spacial score (nSPS) is 35.4. The molecule has 2 aliphatic heterocycles. The van der Waals surface area contributed by atoms with Gasteiger partial charge in [-0.05, 0) is 30.5 Å². The van der Waals surface area contributed by atoms with Crippen molar-refractivity contribution in [3.63, 3.8) is 0 Å². The summed E-state index contributed by atoms with van der Waals surface area (Å²) in [5.74, 6) is 0.